The van der Waals surface area contributed by atoms with Crippen molar-refractivity contribution >= 4 is 5.69 Å². The fourth-order valence-electron chi connectivity index (χ4n) is 1.24. The highest BCUT2D eigenvalue weighted by Crippen LogP contribution is 2.34. The smallest absolute Gasteiger partial charge is 0.398 e. The molecule has 2 N–H and O–H groups in total. The van der Waals surface area contributed by atoms with Gasteiger partial charge in [-0.3, -0.25) is 0 Å². The zero-order valence-electron chi connectivity index (χ0n) is 7.43. The summed E-state index contributed by atoms with van der Waals surface area (Å²) in [6.07, 6.45) is -2.82. The predicted octanol–water partition coefficient (Wildman–Crippen LogP) is 3.02. The first-order chi connectivity index (χ1) is 6.46. The molecule has 1 aromatic carbocycles. The molecule has 0 radical (unpaired) electrons. The Morgan fingerprint density at radius 2 is 2.00 bits per heavy atom. The maximum absolute atomic E-state index is 12.5. The number of hydrogen-bond acceptors (Lipinski definition) is 1. The van der Waals surface area contributed by atoms with Crippen LogP contribution in [0.15, 0.2) is 30.9 Å². The van der Waals surface area contributed by atoms with Crippen molar-refractivity contribution in [3.05, 3.63) is 42.0 Å². The van der Waals surface area contributed by atoms with E-state index in [0.717, 1.165) is 6.07 Å². The molecule has 1 rings (SSSR count). The SMILES string of the molecule is C=CCc1c(N)cccc1C(F)(F)F. The Labute approximate surface area is 80.0 Å². The van der Waals surface area contributed by atoms with Crippen molar-refractivity contribution in [1.29, 1.82) is 0 Å². The van der Waals surface area contributed by atoms with Crippen LogP contribution < -0.4 is 5.73 Å². The number of nitrogens with two attached hydrogens (primary N) is 1. The van der Waals surface area contributed by atoms with Crippen molar-refractivity contribution in [2.24, 2.45) is 0 Å². The van der Waals surface area contributed by atoms with E-state index in [2.05, 4.69) is 6.58 Å². The van der Waals surface area contributed by atoms with Gasteiger partial charge in [-0.1, -0.05) is 12.1 Å². The summed E-state index contributed by atoms with van der Waals surface area (Å²) >= 11 is 0. The van der Waals surface area contributed by atoms with Gasteiger partial charge in [0.05, 0.1) is 5.56 Å². The van der Waals surface area contributed by atoms with Crippen LogP contribution in [0.2, 0.25) is 0 Å². The van der Waals surface area contributed by atoms with E-state index in [1.54, 1.807) is 0 Å². The quantitative estimate of drug-likeness (QED) is 0.577. The number of nitrogen functional groups attached to an aromatic ring is 1. The van der Waals surface area contributed by atoms with Crippen molar-refractivity contribution in [3.63, 3.8) is 0 Å². The Morgan fingerprint density at radius 3 is 2.50 bits per heavy atom. The highest BCUT2D eigenvalue weighted by molar-refractivity contribution is 5.52. The third-order valence-electron chi connectivity index (χ3n) is 1.87. The molecule has 76 valence electrons. The number of hydrogen-bond donors (Lipinski definition) is 1. The number of halogens is 3. The third-order valence-corrected chi connectivity index (χ3v) is 1.87. The van der Waals surface area contributed by atoms with E-state index in [1.807, 2.05) is 0 Å². The van der Waals surface area contributed by atoms with Gasteiger partial charge in [0.25, 0.3) is 0 Å². The van der Waals surface area contributed by atoms with E-state index in [4.69, 9.17) is 5.73 Å². The van der Waals surface area contributed by atoms with Crippen LogP contribution in [0, 0.1) is 0 Å². The van der Waals surface area contributed by atoms with Gasteiger partial charge in [0.1, 0.15) is 0 Å². The van der Waals surface area contributed by atoms with Gasteiger partial charge in [-0.05, 0) is 24.1 Å². The van der Waals surface area contributed by atoms with Crippen LogP contribution >= 0.6 is 0 Å². The monoisotopic (exact) mass is 201 g/mol. The number of anilines is 1. The normalized spacial score (nSPS) is 11.4. The highest BCUT2D eigenvalue weighted by atomic mass is 19.4. The standard InChI is InChI=1S/C10H10F3N/c1-2-4-7-8(10(11,12)13)5-3-6-9(7)14/h2-3,5-6H,1,4,14H2. The summed E-state index contributed by atoms with van der Waals surface area (Å²) in [7, 11) is 0. The van der Waals surface area contributed by atoms with Crippen LogP contribution in [-0.2, 0) is 12.6 Å². The van der Waals surface area contributed by atoms with Crippen molar-refractivity contribution in [3.8, 4) is 0 Å². The average molecular weight is 201 g/mol. The van der Waals surface area contributed by atoms with Gasteiger partial charge in [-0.25, -0.2) is 0 Å². The lowest BCUT2D eigenvalue weighted by atomic mass is 10.0. The Morgan fingerprint density at radius 1 is 1.36 bits per heavy atom. The van der Waals surface area contributed by atoms with Crippen LogP contribution in [0.4, 0.5) is 18.9 Å². The second-order valence-electron chi connectivity index (χ2n) is 2.86. The van der Waals surface area contributed by atoms with Gasteiger partial charge in [-0.2, -0.15) is 13.2 Å². The lowest BCUT2D eigenvalue weighted by Crippen LogP contribution is -2.10. The first-order valence-corrected chi connectivity index (χ1v) is 4.02. The van der Waals surface area contributed by atoms with Crippen molar-refractivity contribution in [2.45, 2.75) is 12.6 Å². The summed E-state index contributed by atoms with van der Waals surface area (Å²) in [5, 5.41) is 0. The molecular weight excluding hydrogens is 191 g/mol. The number of rotatable bonds is 2. The summed E-state index contributed by atoms with van der Waals surface area (Å²) in [5.74, 6) is 0. The molecule has 0 aliphatic rings. The molecule has 0 heterocycles. The molecule has 0 saturated heterocycles. The fourth-order valence-corrected chi connectivity index (χ4v) is 1.24. The summed E-state index contributed by atoms with van der Waals surface area (Å²) in [5.41, 5.74) is 5.02. The van der Waals surface area contributed by atoms with E-state index in [0.29, 0.717) is 0 Å². The maximum Gasteiger partial charge on any atom is 0.416 e. The van der Waals surface area contributed by atoms with E-state index in [-0.39, 0.29) is 17.7 Å². The largest absolute Gasteiger partial charge is 0.416 e. The number of alkyl halides is 3. The van der Waals surface area contributed by atoms with Gasteiger partial charge >= 0.3 is 6.18 Å². The van der Waals surface area contributed by atoms with E-state index >= 15 is 0 Å². The summed E-state index contributed by atoms with van der Waals surface area (Å²) in [6, 6.07) is 3.77. The van der Waals surface area contributed by atoms with Crippen LogP contribution in [0.5, 0.6) is 0 Å². The number of allylic oxidation sites excluding steroid dienone is 1. The molecule has 0 bridgehead atoms. The topological polar surface area (TPSA) is 26.0 Å². The van der Waals surface area contributed by atoms with Gasteiger partial charge in [-0.15, -0.1) is 6.58 Å². The fraction of sp³-hybridized carbons (Fsp3) is 0.200. The Hall–Kier alpha value is -1.45. The minimum atomic E-state index is -4.35. The Balaban J connectivity index is 3.28. The maximum atomic E-state index is 12.5. The zero-order chi connectivity index (χ0) is 10.8. The van der Waals surface area contributed by atoms with E-state index in [9.17, 15) is 13.2 Å². The van der Waals surface area contributed by atoms with Crippen LogP contribution in [0.25, 0.3) is 0 Å². The highest BCUT2D eigenvalue weighted by Gasteiger charge is 2.33. The van der Waals surface area contributed by atoms with E-state index in [1.165, 1.54) is 18.2 Å². The summed E-state index contributed by atoms with van der Waals surface area (Å²) in [4.78, 5) is 0. The molecule has 14 heavy (non-hydrogen) atoms. The lowest BCUT2D eigenvalue weighted by Gasteiger charge is -2.13. The third kappa shape index (κ3) is 2.07. The van der Waals surface area contributed by atoms with Crippen LogP contribution in [0.3, 0.4) is 0 Å². The van der Waals surface area contributed by atoms with Crippen molar-refractivity contribution in [2.75, 3.05) is 5.73 Å². The van der Waals surface area contributed by atoms with Gasteiger partial charge < -0.3 is 5.73 Å². The van der Waals surface area contributed by atoms with Gasteiger partial charge in [0.15, 0.2) is 0 Å². The molecule has 1 nitrogen and oxygen atoms in total. The minimum absolute atomic E-state index is 0.0926. The molecule has 0 fully saturated rings. The lowest BCUT2D eigenvalue weighted by molar-refractivity contribution is -0.138. The molecule has 0 amide bonds. The molecule has 4 heteroatoms. The molecule has 0 unspecified atom stereocenters. The second-order valence-corrected chi connectivity index (χ2v) is 2.86. The minimum Gasteiger partial charge on any atom is -0.398 e. The first-order valence-electron chi connectivity index (χ1n) is 4.02. The van der Waals surface area contributed by atoms with Crippen molar-refractivity contribution < 1.29 is 13.2 Å². The second kappa shape index (κ2) is 3.74. The molecule has 1 aromatic rings. The molecule has 0 atom stereocenters. The average Bonchev–Trinajstić information content (AvgIpc) is 2.07. The van der Waals surface area contributed by atoms with Crippen LogP contribution in [-0.4, -0.2) is 0 Å². The predicted molar refractivity (Wildman–Crippen MR) is 49.8 cm³/mol. The molecule has 0 aliphatic carbocycles. The number of benzene rings is 1. The molecule has 0 spiro atoms. The molecule has 0 aromatic heterocycles. The zero-order valence-corrected chi connectivity index (χ0v) is 7.43. The summed E-state index contributed by atoms with van der Waals surface area (Å²) in [6.45, 7) is 3.40. The Kier molecular flexibility index (Phi) is 2.84. The molecular formula is C10H10F3N. The van der Waals surface area contributed by atoms with Crippen molar-refractivity contribution in [1.82, 2.24) is 0 Å². The molecule has 0 aliphatic heterocycles. The van der Waals surface area contributed by atoms with Gasteiger partial charge in [0, 0.05) is 5.69 Å². The van der Waals surface area contributed by atoms with Crippen LogP contribution in [0.1, 0.15) is 11.1 Å². The van der Waals surface area contributed by atoms with E-state index < -0.39 is 11.7 Å². The first kappa shape index (κ1) is 10.6. The van der Waals surface area contributed by atoms with Gasteiger partial charge in [0.2, 0.25) is 0 Å². The Bertz CT molecular complexity index is 342. The molecule has 0 saturated carbocycles. The summed E-state index contributed by atoms with van der Waals surface area (Å²) < 4.78 is 37.4.